The van der Waals surface area contributed by atoms with Gasteiger partial charge in [0, 0.05) is 30.8 Å². The monoisotopic (exact) mass is 439 g/mol. The van der Waals surface area contributed by atoms with Crippen molar-refractivity contribution < 1.29 is 29.1 Å². The largest absolute Gasteiger partial charge is 0.507 e. The highest BCUT2D eigenvalue weighted by Gasteiger charge is 2.46. The van der Waals surface area contributed by atoms with Gasteiger partial charge < -0.3 is 24.4 Å². The summed E-state index contributed by atoms with van der Waals surface area (Å²) in [5.74, 6) is -1.10. The summed E-state index contributed by atoms with van der Waals surface area (Å²) in [5, 5.41) is 22.4. The molecule has 0 aromatic heterocycles. The minimum absolute atomic E-state index is 0.0438. The summed E-state index contributed by atoms with van der Waals surface area (Å²) < 4.78 is 10.6. The van der Waals surface area contributed by atoms with Crippen molar-refractivity contribution in [1.82, 2.24) is 9.80 Å². The molecule has 1 amide bonds. The first-order chi connectivity index (χ1) is 15.3. The molecule has 2 aliphatic rings. The molecule has 1 N–H and O–H groups in total. The first-order valence-corrected chi connectivity index (χ1v) is 9.85. The highest BCUT2D eigenvalue weighted by Crippen LogP contribution is 2.41. The Labute approximate surface area is 183 Å². The fourth-order valence-electron chi connectivity index (χ4n) is 3.77. The van der Waals surface area contributed by atoms with E-state index in [0.29, 0.717) is 23.6 Å². The van der Waals surface area contributed by atoms with Crippen LogP contribution in [0.1, 0.15) is 17.2 Å². The molecule has 0 aliphatic carbocycles. The van der Waals surface area contributed by atoms with E-state index in [1.807, 2.05) is 19.0 Å². The van der Waals surface area contributed by atoms with Gasteiger partial charge in [-0.25, -0.2) is 0 Å². The van der Waals surface area contributed by atoms with E-state index >= 15 is 0 Å². The fraction of sp³-hybridized carbons (Fsp3) is 0.273. The number of likely N-dealkylation sites (N-methyl/N-ethyl adjacent to an activating group) is 1. The smallest absolute Gasteiger partial charge is 0.295 e. The van der Waals surface area contributed by atoms with Crippen LogP contribution >= 0.6 is 0 Å². The number of non-ortho nitro benzene ring substituents is 1. The number of aliphatic hydroxyl groups excluding tert-OH is 1. The Hall–Kier alpha value is -3.92. The van der Waals surface area contributed by atoms with Crippen LogP contribution in [-0.4, -0.2) is 65.5 Å². The molecular weight excluding hydrogens is 418 g/mol. The van der Waals surface area contributed by atoms with Crippen LogP contribution in [-0.2, 0) is 9.59 Å². The molecule has 2 aliphatic heterocycles. The number of carbonyl (C=O) groups is 2. The maximum atomic E-state index is 13.0. The third kappa shape index (κ3) is 3.76. The zero-order valence-corrected chi connectivity index (χ0v) is 17.5. The minimum atomic E-state index is -0.972. The van der Waals surface area contributed by atoms with Crippen molar-refractivity contribution >= 4 is 23.1 Å². The molecule has 2 aromatic rings. The molecule has 1 fully saturated rings. The van der Waals surface area contributed by atoms with Gasteiger partial charge in [0.1, 0.15) is 5.76 Å². The van der Waals surface area contributed by atoms with Crippen LogP contribution in [0.4, 0.5) is 5.69 Å². The zero-order chi connectivity index (χ0) is 23.0. The lowest BCUT2D eigenvalue weighted by molar-refractivity contribution is -0.384. The lowest BCUT2D eigenvalue weighted by Gasteiger charge is -2.26. The molecule has 2 aromatic carbocycles. The van der Waals surface area contributed by atoms with Crippen LogP contribution in [0.25, 0.3) is 5.76 Å². The van der Waals surface area contributed by atoms with Gasteiger partial charge in [-0.15, -0.1) is 0 Å². The van der Waals surface area contributed by atoms with Crippen molar-refractivity contribution in [1.29, 1.82) is 0 Å². The third-order valence-corrected chi connectivity index (χ3v) is 5.37. The highest BCUT2D eigenvalue weighted by molar-refractivity contribution is 6.46. The number of benzene rings is 2. The van der Waals surface area contributed by atoms with Gasteiger partial charge in [-0.05, 0) is 37.9 Å². The van der Waals surface area contributed by atoms with Crippen molar-refractivity contribution in [3.8, 4) is 11.5 Å². The number of nitro groups is 1. The number of rotatable bonds is 6. The normalized spacial score (nSPS) is 19.1. The molecule has 1 atom stereocenters. The average molecular weight is 439 g/mol. The van der Waals surface area contributed by atoms with Crippen LogP contribution in [0.2, 0.25) is 0 Å². The van der Waals surface area contributed by atoms with Crippen molar-refractivity contribution in [2.24, 2.45) is 0 Å². The number of likely N-dealkylation sites (tertiary alicyclic amines) is 1. The van der Waals surface area contributed by atoms with Crippen molar-refractivity contribution in [3.05, 3.63) is 69.3 Å². The summed E-state index contributed by atoms with van der Waals surface area (Å²) in [4.78, 5) is 39.8. The number of fused-ring (bicyclic) bond motifs is 1. The van der Waals surface area contributed by atoms with Gasteiger partial charge in [-0.2, -0.15) is 0 Å². The lowest BCUT2D eigenvalue weighted by Crippen LogP contribution is -2.35. The van der Waals surface area contributed by atoms with Gasteiger partial charge in [0.15, 0.2) is 11.5 Å². The predicted molar refractivity (Wildman–Crippen MR) is 113 cm³/mol. The number of nitro benzene ring substituents is 1. The third-order valence-electron chi connectivity index (χ3n) is 5.37. The van der Waals surface area contributed by atoms with E-state index in [1.165, 1.54) is 29.2 Å². The predicted octanol–water partition coefficient (Wildman–Crippen LogP) is 2.31. The molecule has 0 radical (unpaired) electrons. The van der Waals surface area contributed by atoms with E-state index in [9.17, 15) is 24.8 Å². The van der Waals surface area contributed by atoms with Gasteiger partial charge in [0.25, 0.3) is 17.4 Å². The first kappa shape index (κ1) is 21.3. The summed E-state index contributed by atoms with van der Waals surface area (Å²) in [5.41, 5.74) is 0.326. The highest BCUT2D eigenvalue weighted by atomic mass is 16.7. The maximum Gasteiger partial charge on any atom is 0.295 e. The van der Waals surface area contributed by atoms with Crippen molar-refractivity contribution in [2.45, 2.75) is 6.04 Å². The van der Waals surface area contributed by atoms with E-state index in [2.05, 4.69) is 0 Å². The number of aliphatic hydroxyl groups is 1. The second-order valence-electron chi connectivity index (χ2n) is 7.72. The Bertz CT molecular complexity index is 1140. The van der Waals surface area contributed by atoms with Crippen molar-refractivity contribution in [2.75, 3.05) is 34.0 Å². The molecule has 10 nitrogen and oxygen atoms in total. The second-order valence-corrected chi connectivity index (χ2v) is 7.72. The standard InChI is InChI=1S/C22H21N3O7/c1-23(2)8-9-24-19(13-4-3-5-15(10-13)25(29)30)18(21(27)22(24)28)20(26)14-6-7-16-17(11-14)32-12-31-16/h3-7,10-11,19,26H,8-9,12H2,1-2H3/b20-18+. The second kappa shape index (κ2) is 8.31. The summed E-state index contributed by atoms with van der Waals surface area (Å²) in [7, 11) is 3.65. The topological polar surface area (TPSA) is 122 Å². The molecule has 1 unspecified atom stereocenters. The summed E-state index contributed by atoms with van der Waals surface area (Å²) in [6.07, 6.45) is 0. The molecule has 32 heavy (non-hydrogen) atoms. The SMILES string of the molecule is CN(C)CCN1C(=O)C(=O)/C(=C(/O)c2ccc3c(c2)OCO3)C1c1cccc([N+](=O)[O-])c1. The first-order valence-electron chi connectivity index (χ1n) is 9.85. The molecule has 166 valence electrons. The average Bonchev–Trinajstić information content (AvgIpc) is 3.34. The van der Waals surface area contributed by atoms with E-state index in [0.717, 1.165) is 0 Å². The van der Waals surface area contributed by atoms with Gasteiger partial charge in [-0.3, -0.25) is 19.7 Å². The summed E-state index contributed by atoms with van der Waals surface area (Å²) in [6.45, 7) is 0.702. The van der Waals surface area contributed by atoms with Crippen LogP contribution in [0.5, 0.6) is 11.5 Å². The zero-order valence-electron chi connectivity index (χ0n) is 17.5. The molecule has 0 spiro atoms. The molecule has 0 bridgehead atoms. The number of carbonyl (C=O) groups excluding carboxylic acids is 2. The van der Waals surface area contributed by atoms with E-state index < -0.39 is 22.7 Å². The quantitative estimate of drug-likeness (QED) is 0.239. The minimum Gasteiger partial charge on any atom is -0.507 e. The number of nitrogens with zero attached hydrogens (tertiary/aromatic N) is 3. The molecule has 2 heterocycles. The number of ketones is 1. The Kier molecular flexibility index (Phi) is 5.54. The van der Waals surface area contributed by atoms with Gasteiger partial charge in [0.2, 0.25) is 6.79 Å². The molecule has 0 saturated carbocycles. The number of amides is 1. The molecule has 1 saturated heterocycles. The molecule has 10 heteroatoms. The Morgan fingerprint density at radius 1 is 1.19 bits per heavy atom. The van der Waals surface area contributed by atoms with Gasteiger partial charge >= 0.3 is 0 Å². The lowest BCUT2D eigenvalue weighted by atomic mass is 9.95. The van der Waals surface area contributed by atoms with Crippen LogP contribution < -0.4 is 9.47 Å². The Morgan fingerprint density at radius 3 is 2.66 bits per heavy atom. The van der Waals surface area contributed by atoms with Gasteiger partial charge in [-0.1, -0.05) is 12.1 Å². The van der Waals surface area contributed by atoms with Crippen LogP contribution in [0, 0.1) is 10.1 Å². The fourth-order valence-corrected chi connectivity index (χ4v) is 3.77. The van der Waals surface area contributed by atoms with Crippen LogP contribution in [0.15, 0.2) is 48.0 Å². The van der Waals surface area contributed by atoms with E-state index in [-0.39, 0.29) is 35.9 Å². The molecular formula is C22H21N3O7. The van der Waals surface area contributed by atoms with Gasteiger partial charge in [0.05, 0.1) is 16.5 Å². The number of hydrogen-bond donors (Lipinski definition) is 1. The van der Waals surface area contributed by atoms with Crippen LogP contribution in [0.3, 0.4) is 0 Å². The van der Waals surface area contributed by atoms with Crippen molar-refractivity contribution in [3.63, 3.8) is 0 Å². The number of hydrogen-bond acceptors (Lipinski definition) is 8. The Morgan fingerprint density at radius 2 is 1.94 bits per heavy atom. The summed E-state index contributed by atoms with van der Waals surface area (Å²) >= 11 is 0. The van der Waals surface area contributed by atoms with E-state index in [1.54, 1.807) is 18.2 Å². The summed E-state index contributed by atoms with van der Waals surface area (Å²) in [6, 6.07) is 9.43. The maximum absolute atomic E-state index is 13.0. The number of Topliss-reactive ketones (excluding diaryl/α,β-unsaturated/α-hetero) is 1. The van der Waals surface area contributed by atoms with E-state index in [4.69, 9.17) is 9.47 Å². The molecule has 4 rings (SSSR count). The number of ether oxygens (including phenoxy) is 2. The Balaban J connectivity index is 1.85.